The molecule has 0 atom stereocenters. The van der Waals surface area contributed by atoms with Gasteiger partial charge in [0.05, 0.1) is 0 Å². The quantitative estimate of drug-likeness (QED) is 0.708. The first kappa shape index (κ1) is 12.0. The molecular formula is C9H16N4OS. The number of carbonyl (C=O) groups excluding carboxylic acids is 1. The van der Waals surface area contributed by atoms with Gasteiger partial charge >= 0.3 is 0 Å². The van der Waals surface area contributed by atoms with Gasteiger partial charge in [-0.2, -0.15) is 11.8 Å². The topological polar surface area (TPSA) is 70.7 Å². The smallest absolute Gasteiger partial charge is 0.290 e. The van der Waals surface area contributed by atoms with Gasteiger partial charge in [-0.05, 0) is 18.4 Å². The minimum atomic E-state index is -0.202. The van der Waals surface area contributed by atoms with Crippen molar-refractivity contribution in [2.45, 2.75) is 19.8 Å². The molecule has 0 unspecified atom stereocenters. The molecule has 1 aromatic heterocycles. The Balaban J connectivity index is 2.33. The van der Waals surface area contributed by atoms with E-state index in [0.29, 0.717) is 6.54 Å². The van der Waals surface area contributed by atoms with E-state index >= 15 is 0 Å². The van der Waals surface area contributed by atoms with Crippen LogP contribution in [0.25, 0.3) is 0 Å². The third-order valence-corrected chi connectivity index (χ3v) is 2.58. The first-order valence-corrected chi connectivity index (χ1v) is 6.35. The van der Waals surface area contributed by atoms with E-state index in [4.69, 9.17) is 0 Å². The highest BCUT2D eigenvalue weighted by Crippen LogP contribution is 1.95. The van der Waals surface area contributed by atoms with Crippen LogP contribution in [0.15, 0.2) is 0 Å². The maximum Gasteiger partial charge on any atom is 0.290 e. The molecule has 0 saturated carbocycles. The lowest BCUT2D eigenvalue weighted by Crippen LogP contribution is -2.25. The Morgan fingerprint density at radius 2 is 2.40 bits per heavy atom. The summed E-state index contributed by atoms with van der Waals surface area (Å²) in [6.07, 6.45) is 3.77. The Morgan fingerprint density at radius 3 is 3.00 bits per heavy atom. The summed E-state index contributed by atoms with van der Waals surface area (Å²) in [5, 5.41) is 9.32. The van der Waals surface area contributed by atoms with Crippen LogP contribution in [-0.4, -0.2) is 39.6 Å². The van der Waals surface area contributed by atoms with Gasteiger partial charge in [0, 0.05) is 13.0 Å². The van der Waals surface area contributed by atoms with Gasteiger partial charge in [-0.25, -0.2) is 4.98 Å². The molecule has 5 nitrogen and oxygen atoms in total. The molecule has 0 spiro atoms. The molecular weight excluding hydrogens is 212 g/mol. The van der Waals surface area contributed by atoms with Crippen molar-refractivity contribution < 1.29 is 4.79 Å². The molecule has 1 aromatic rings. The van der Waals surface area contributed by atoms with Crippen molar-refractivity contribution in [2.75, 3.05) is 18.6 Å². The maximum atomic E-state index is 11.5. The summed E-state index contributed by atoms with van der Waals surface area (Å²) in [7, 11) is 0. The average molecular weight is 228 g/mol. The monoisotopic (exact) mass is 228 g/mol. The fourth-order valence-corrected chi connectivity index (χ4v) is 1.49. The Labute approximate surface area is 93.4 Å². The minimum Gasteiger partial charge on any atom is -0.349 e. The number of rotatable bonds is 6. The molecule has 0 saturated heterocycles. The Morgan fingerprint density at radius 1 is 1.60 bits per heavy atom. The highest BCUT2D eigenvalue weighted by atomic mass is 32.2. The number of aromatic nitrogens is 3. The van der Waals surface area contributed by atoms with Crippen LogP contribution in [0.4, 0.5) is 0 Å². The van der Waals surface area contributed by atoms with E-state index in [1.165, 1.54) is 0 Å². The van der Waals surface area contributed by atoms with Crippen molar-refractivity contribution in [3.8, 4) is 0 Å². The van der Waals surface area contributed by atoms with E-state index < -0.39 is 0 Å². The van der Waals surface area contributed by atoms with Crippen LogP contribution in [0.2, 0.25) is 0 Å². The number of thioether (sulfide) groups is 1. The van der Waals surface area contributed by atoms with Crippen LogP contribution < -0.4 is 5.32 Å². The Bertz CT molecular complexity index is 313. The fourth-order valence-electron chi connectivity index (χ4n) is 1.05. The minimum absolute atomic E-state index is 0.202. The predicted octanol–water partition coefficient (Wildman–Crippen LogP) is 0.850. The highest BCUT2D eigenvalue weighted by molar-refractivity contribution is 7.98. The lowest BCUT2D eigenvalue weighted by Gasteiger charge is -2.00. The molecule has 0 aliphatic heterocycles. The number of amides is 1. The molecule has 2 N–H and O–H groups in total. The molecule has 0 radical (unpaired) electrons. The second-order valence-electron chi connectivity index (χ2n) is 3.06. The molecule has 15 heavy (non-hydrogen) atoms. The molecule has 0 aliphatic rings. The predicted molar refractivity (Wildman–Crippen MR) is 61.1 cm³/mol. The zero-order valence-corrected chi connectivity index (χ0v) is 9.86. The van der Waals surface area contributed by atoms with E-state index in [-0.39, 0.29) is 11.7 Å². The van der Waals surface area contributed by atoms with E-state index in [9.17, 15) is 4.79 Å². The maximum absolute atomic E-state index is 11.5. The number of nitrogens with zero attached hydrogens (tertiary/aromatic N) is 2. The van der Waals surface area contributed by atoms with Gasteiger partial charge in [-0.15, -0.1) is 5.10 Å². The summed E-state index contributed by atoms with van der Waals surface area (Å²) in [5.74, 6) is 1.82. The number of hydrogen-bond donors (Lipinski definition) is 2. The third kappa shape index (κ3) is 3.91. The van der Waals surface area contributed by atoms with Gasteiger partial charge in [0.15, 0.2) is 0 Å². The number of H-pyrrole nitrogens is 1. The van der Waals surface area contributed by atoms with Crippen LogP contribution in [0, 0.1) is 0 Å². The largest absolute Gasteiger partial charge is 0.349 e. The summed E-state index contributed by atoms with van der Waals surface area (Å²) in [4.78, 5) is 15.5. The summed E-state index contributed by atoms with van der Waals surface area (Å²) >= 11 is 1.77. The van der Waals surface area contributed by atoms with E-state index in [2.05, 4.69) is 20.5 Å². The van der Waals surface area contributed by atoms with Gasteiger partial charge in [0.25, 0.3) is 5.91 Å². The Kier molecular flexibility index (Phi) is 5.17. The van der Waals surface area contributed by atoms with Crippen molar-refractivity contribution in [1.29, 1.82) is 0 Å². The highest BCUT2D eigenvalue weighted by Gasteiger charge is 2.10. The number of hydrogen-bond acceptors (Lipinski definition) is 4. The molecule has 0 aliphatic carbocycles. The molecule has 0 fully saturated rings. The van der Waals surface area contributed by atoms with Crippen molar-refractivity contribution in [3.63, 3.8) is 0 Å². The van der Waals surface area contributed by atoms with Crippen LogP contribution >= 0.6 is 11.8 Å². The third-order valence-electron chi connectivity index (χ3n) is 1.88. The number of carbonyl (C=O) groups is 1. The summed E-state index contributed by atoms with van der Waals surface area (Å²) in [5.41, 5.74) is 0. The molecule has 6 heteroatoms. The van der Waals surface area contributed by atoms with Crippen LogP contribution in [0.5, 0.6) is 0 Å². The molecule has 0 aromatic carbocycles. The fraction of sp³-hybridized carbons (Fsp3) is 0.667. The Hall–Kier alpha value is -1.04. The van der Waals surface area contributed by atoms with Gasteiger partial charge in [-0.1, -0.05) is 6.92 Å². The lowest BCUT2D eigenvalue weighted by molar-refractivity contribution is 0.0944. The SMILES string of the molecule is CCc1nc(C(=O)NCCCSC)n[nH]1. The van der Waals surface area contributed by atoms with Gasteiger partial charge in [0.1, 0.15) is 5.82 Å². The van der Waals surface area contributed by atoms with Crippen LogP contribution in [0.3, 0.4) is 0 Å². The molecule has 0 bridgehead atoms. The van der Waals surface area contributed by atoms with E-state index in [1.807, 2.05) is 13.2 Å². The second-order valence-corrected chi connectivity index (χ2v) is 4.05. The van der Waals surface area contributed by atoms with Crippen molar-refractivity contribution >= 4 is 17.7 Å². The summed E-state index contributed by atoms with van der Waals surface area (Å²) in [6.45, 7) is 2.64. The molecule has 1 rings (SSSR count). The average Bonchev–Trinajstić information content (AvgIpc) is 2.72. The zero-order valence-electron chi connectivity index (χ0n) is 9.04. The van der Waals surface area contributed by atoms with Crippen molar-refractivity contribution in [2.24, 2.45) is 0 Å². The van der Waals surface area contributed by atoms with Gasteiger partial charge in [0.2, 0.25) is 5.82 Å². The van der Waals surface area contributed by atoms with Crippen molar-refractivity contribution in [3.05, 3.63) is 11.6 Å². The standard InChI is InChI=1S/C9H16N4OS/c1-3-7-11-8(13-12-7)9(14)10-5-4-6-15-2/h3-6H2,1-2H3,(H,10,14)(H,11,12,13). The van der Waals surface area contributed by atoms with Crippen LogP contribution in [-0.2, 0) is 6.42 Å². The van der Waals surface area contributed by atoms with Gasteiger partial charge < -0.3 is 5.32 Å². The van der Waals surface area contributed by atoms with Gasteiger partial charge in [-0.3, -0.25) is 9.89 Å². The molecule has 1 amide bonds. The number of nitrogens with one attached hydrogen (secondary N) is 2. The van der Waals surface area contributed by atoms with E-state index in [1.54, 1.807) is 11.8 Å². The first-order valence-electron chi connectivity index (χ1n) is 4.96. The normalized spacial score (nSPS) is 10.3. The first-order chi connectivity index (χ1) is 7.27. The molecule has 84 valence electrons. The number of aryl methyl sites for hydroxylation is 1. The lowest BCUT2D eigenvalue weighted by atomic mass is 10.4. The zero-order chi connectivity index (χ0) is 11.1. The number of aromatic amines is 1. The van der Waals surface area contributed by atoms with Crippen molar-refractivity contribution in [1.82, 2.24) is 20.5 Å². The van der Waals surface area contributed by atoms with Crippen LogP contribution in [0.1, 0.15) is 29.8 Å². The second kappa shape index (κ2) is 6.44. The summed E-state index contributed by atoms with van der Waals surface area (Å²) in [6, 6.07) is 0. The summed E-state index contributed by atoms with van der Waals surface area (Å²) < 4.78 is 0. The van der Waals surface area contributed by atoms with E-state index in [0.717, 1.165) is 24.4 Å². The molecule has 1 heterocycles.